The Kier molecular flexibility index (Phi) is 4.04. The van der Waals surface area contributed by atoms with Crippen LogP contribution in [0.25, 0.3) is 0 Å². The van der Waals surface area contributed by atoms with Gasteiger partial charge in [0.1, 0.15) is 6.04 Å². The Balaban J connectivity index is 3.21. The fraction of sp³-hybridized carbons (Fsp3) is 0.455. The first-order valence-electron chi connectivity index (χ1n) is 4.86. The molecule has 0 spiro atoms. The molecule has 17 heavy (non-hydrogen) atoms. The van der Waals surface area contributed by atoms with E-state index < -0.39 is 18.4 Å². The van der Waals surface area contributed by atoms with Crippen molar-refractivity contribution in [3.05, 3.63) is 33.8 Å². The fourth-order valence-electron chi connectivity index (χ4n) is 1.48. The second-order valence-electron chi connectivity index (χ2n) is 3.91. The summed E-state index contributed by atoms with van der Waals surface area (Å²) in [6.07, 6.45) is -3.80. The summed E-state index contributed by atoms with van der Waals surface area (Å²) in [4.78, 5) is 0. The van der Waals surface area contributed by atoms with Crippen LogP contribution in [0.3, 0.4) is 0 Å². The highest BCUT2D eigenvalue weighted by atomic mass is 35.5. The third kappa shape index (κ3) is 2.72. The number of hydrogen-bond acceptors (Lipinski definition) is 1. The Bertz CT molecular complexity index is 420. The largest absolute Gasteiger partial charge is 0.326 e. The van der Waals surface area contributed by atoms with E-state index in [4.69, 9.17) is 17.3 Å². The molecule has 96 valence electrons. The number of rotatable bonds is 3. The minimum atomic E-state index is -4.26. The van der Waals surface area contributed by atoms with Gasteiger partial charge in [-0.1, -0.05) is 17.7 Å². The van der Waals surface area contributed by atoms with Crippen LogP contribution < -0.4 is 5.73 Å². The van der Waals surface area contributed by atoms with Gasteiger partial charge in [0.15, 0.2) is 0 Å². The predicted molar refractivity (Wildman–Crippen MR) is 58.8 cm³/mol. The summed E-state index contributed by atoms with van der Waals surface area (Å²) in [7, 11) is 0. The van der Waals surface area contributed by atoms with Gasteiger partial charge in [-0.3, -0.25) is 0 Å². The minimum Gasteiger partial charge on any atom is -0.319 e. The van der Waals surface area contributed by atoms with Gasteiger partial charge >= 0.3 is 12.3 Å². The molecule has 1 aromatic carbocycles. The molecule has 0 aliphatic heterocycles. The third-order valence-corrected chi connectivity index (χ3v) is 3.00. The standard InChI is InChI=1S/C11H12ClF4N/c1-5-4-8(12)6(2)3-7(5)9(17)11(15,16)10(13)14/h3-4,9-10H,17H2,1-2H3. The lowest BCUT2D eigenvalue weighted by Crippen LogP contribution is -2.39. The molecule has 1 unspecified atom stereocenters. The van der Waals surface area contributed by atoms with Crippen molar-refractivity contribution in [2.75, 3.05) is 0 Å². The molecule has 0 heterocycles. The van der Waals surface area contributed by atoms with Crippen LogP contribution in [0, 0.1) is 13.8 Å². The van der Waals surface area contributed by atoms with Gasteiger partial charge in [-0.15, -0.1) is 0 Å². The van der Waals surface area contributed by atoms with Gasteiger partial charge < -0.3 is 5.73 Å². The van der Waals surface area contributed by atoms with Gasteiger partial charge in [-0.25, -0.2) is 8.78 Å². The molecule has 0 radical (unpaired) electrons. The zero-order valence-electron chi connectivity index (χ0n) is 9.28. The highest BCUT2D eigenvalue weighted by Crippen LogP contribution is 2.37. The molecule has 1 aromatic rings. The van der Waals surface area contributed by atoms with E-state index >= 15 is 0 Å². The molecule has 2 N–H and O–H groups in total. The predicted octanol–water partition coefficient (Wildman–Crippen LogP) is 3.86. The maximum atomic E-state index is 13.1. The zero-order valence-corrected chi connectivity index (χ0v) is 10.0. The molecule has 0 saturated carbocycles. The average molecular weight is 270 g/mol. The summed E-state index contributed by atoms with van der Waals surface area (Å²) in [5.74, 6) is -4.26. The van der Waals surface area contributed by atoms with Gasteiger partial charge in [-0.2, -0.15) is 8.78 Å². The van der Waals surface area contributed by atoms with Crippen LogP contribution >= 0.6 is 11.6 Å². The smallest absolute Gasteiger partial charge is 0.319 e. The Morgan fingerprint density at radius 3 is 2.18 bits per heavy atom. The number of nitrogens with two attached hydrogens (primary N) is 1. The van der Waals surface area contributed by atoms with Crippen molar-refractivity contribution in [1.82, 2.24) is 0 Å². The van der Waals surface area contributed by atoms with Crippen molar-refractivity contribution in [3.8, 4) is 0 Å². The first kappa shape index (κ1) is 14.3. The zero-order chi connectivity index (χ0) is 13.4. The van der Waals surface area contributed by atoms with Gasteiger partial charge in [0, 0.05) is 5.02 Å². The van der Waals surface area contributed by atoms with Gasteiger partial charge in [0.2, 0.25) is 0 Å². The normalized spacial score (nSPS) is 14.2. The SMILES string of the molecule is Cc1cc(C(N)C(F)(F)C(F)F)c(C)cc1Cl. The van der Waals surface area contributed by atoms with Gasteiger partial charge in [0.05, 0.1) is 0 Å². The maximum Gasteiger partial charge on any atom is 0.326 e. The highest BCUT2D eigenvalue weighted by Gasteiger charge is 2.48. The van der Waals surface area contributed by atoms with Crippen LogP contribution in [0.15, 0.2) is 12.1 Å². The first-order valence-corrected chi connectivity index (χ1v) is 5.24. The summed E-state index contributed by atoms with van der Waals surface area (Å²) < 4.78 is 50.7. The number of alkyl halides is 4. The molecule has 0 amide bonds. The molecule has 0 bridgehead atoms. The number of halogens is 5. The van der Waals surface area contributed by atoms with Gasteiger partial charge in [0.25, 0.3) is 0 Å². The summed E-state index contributed by atoms with van der Waals surface area (Å²) in [6.45, 7) is 3.10. The maximum absolute atomic E-state index is 13.1. The average Bonchev–Trinajstić information content (AvgIpc) is 2.22. The Morgan fingerprint density at radius 2 is 1.71 bits per heavy atom. The second-order valence-corrected chi connectivity index (χ2v) is 4.32. The van der Waals surface area contributed by atoms with Crippen LogP contribution in [0.5, 0.6) is 0 Å². The van der Waals surface area contributed by atoms with E-state index in [1.54, 1.807) is 6.92 Å². The van der Waals surface area contributed by atoms with Crippen LogP contribution in [0.2, 0.25) is 5.02 Å². The van der Waals surface area contributed by atoms with Crippen LogP contribution in [-0.4, -0.2) is 12.3 Å². The summed E-state index contributed by atoms with van der Waals surface area (Å²) in [5, 5.41) is 0.388. The summed E-state index contributed by atoms with van der Waals surface area (Å²) in [5.41, 5.74) is 6.09. The van der Waals surface area contributed by atoms with E-state index in [1.807, 2.05) is 0 Å². The summed E-state index contributed by atoms with van der Waals surface area (Å²) in [6, 6.07) is 0.713. The first-order chi connectivity index (χ1) is 7.67. The van der Waals surface area contributed by atoms with E-state index in [2.05, 4.69) is 0 Å². The molecule has 1 atom stereocenters. The molecule has 0 aliphatic rings. The molecule has 1 rings (SSSR count). The van der Waals surface area contributed by atoms with Crippen LogP contribution in [-0.2, 0) is 0 Å². The van der Waals surface area contributed by atoms with Crippen molar-refractivity contribution < 1.29 is 17.6 Å². The number of hydrogen-bond donors (Lipinski definition) is 1. The van der Waals surface area contributed by atoms with Crippen molar-refractivity contribution in [2.45, 2.75) is 32.2 Å². The Labute approximate surface area is 102 Å². The Morgan fingerprint density at radius 1 is 1.18 bits per heavy atom. The van der Waals surface area contributed by atoms with E-state index in [1.165, 1.54) is 19.1 Å². The molecule has 0 fully saturated rings. The van der Waals surface area contributed by atoms with Crippen LogP contribution in [0.1, 0.15) is 22.7 Å². The monoisotopic (exact) mass is 269 g/mol. The molecule has 0 aliphatic carbocycles. The molecule has 0 aromatic heterocycles. The van der Waals surface area contributed by atoms with Crippen molar-refractivity contribution in [3.63, 3.8) is 0 Å². The minimum absolute atomic E-state index is 0.0165. The van der Waals surface area contributed by atoms with Crippen molar-refractivity contribution in [1.29, 1.82) is 0 Å². The third-order valence-electron chi connectivity index (χ3n) is 2.59. The lowest BCUT2D eigenvalue weighted by Gasteiger charge is -2.24. The van der Waals surface area contributed by atoms with Crippen LogP contribution in [0.4, 0.5) is 17.6 Å². The molecule has 6 heteroatoms. The molecule has 0 saturated heterocycles. The Hall–Kier alpha value is -0.810. The highest BCUT2D eigenvalue weighted by molar-refractivity contribution is 6.31. The van der Waals surface area contributed by atoms with Crippen molar-refractivity contribution >= 4 is 11.6 Å². The summed E-state index contributed by atoms with van der Waals surface area (Å²) >= 11 is 5.79. The lowest BCUT2D eigenvalue weighted by molar-refractivity contribution is -0.144. The van der Waals surface area contributed by atoms with Crippen molar-refractivity contribution in [2.24, 2.45) is 5.73 Å². The fourth-order valence-corrected chi connectivity index (χ4v) is 1.70. The topological polar surface area (TPSA) is 26.0 Å². The number of benzene rings is 1. The molecule has 1 nitrogen and oxygen atoms in total. The van der Waals surface area contributed by atoms with Gasteiger partial charge in [-0.05, 0) is 36.6 Å². The molecular formula is C11H12ClF4N. The lowest BCUT2D eigenvalue weighted by atomic mass is 9.95. The number of aryl methyl sites for hydroxylation is 2. The van der Waals surface area contributed by atoms with E-state index in [9.17, 15) is 17.6 Å². The van der Waals surface area contributed by atoms with E-state index in [-0.39, 0.29) is 5.56 Å². The quantitative estimate of drug-likeness (QED) is 0.829. The molecular weight excluding hydrogens is 258 g/mol. The van der Waals surface area contributed by atoms with E-state index in [0.29, 0.717) is 16.1 Å². The van der Waals surface area contributed by atoms with E-state index in [0.717, 1.165) is 0 Å². The second kappa shape index (κ2) is 4.82.